The van der Waals surface area contributed by atoms with Gasteiger partial charge in [-0.25, -0.2) is 0 Å². The van der Waals surface area contributed by atoms with Gasteiger partial charge in [-0.2, -0.15) is 4.98 Å². The normalized spacial score (nSPS) is 14.4. The summed E-state index contributed by atoms with van der Waals surface area (Å²) in [5.74, 6) is 0.948. The van der Waals surface area contributed by atoms with Gasteiger partial charge >= 0.3 is 0 Å². The molecule has 18 heavy (non-hydrogen) atoms. The highest BCUT2D eigenvalue weighted by Gasteiger charge is 2.27. The topological polar surface area (TPSA) is 77.8 Å². The first-order valence-corrected chi connectivity index (χ1v) is 6.09. The number of pyridine rings is 1. The Balaban J connectivity index is 2.31. The third-order valence-corrected chi connectivity index (χ3v) is 2.83. The predicted molar refractivity (Wildman–Crippen MR) is 68.7 cm³/mol. The second-order valence-corrected chi connectivity index (χ2v) is 4.81. The molecule has 5 heteroatoms. The molecule has 0 bridgehead atoms. The van der Waals surface area contributed by atoms with Crippen molar-refractivity contribution in [1.29, 1.82) is 0 Å². The molecule has 0 saturated carbocycles. The summed E-state index contributed by atoms with van der Waals surface area (Å²) in [5.41, 5.74) is 7.39. The molecule has 2 aromatic heterocycles. The molecule has 0 amide bonds. The Kier molecular flexibility index (Phi) is 3.43. The van der Waals surface area contributed by atoms with E-state index in [1.807, 2.05) is 26.0 Å². The maximum absolute atomic E-state index is 6.15. The minimum Gasteiger partial charge on any atom is -0.337 e. The summed E-state index contributed by atoms with van der Waals surface area (Å²) in [6, 6.07) is 3.84. The molecule has 2 heterocycles. The Morgan fingerprint density at radius 3 is 2.89 bits per heavy atom. The molecule has 0 aliphatic rings. The summed E-state index contributed by atoms with van der Waals surface area (Å²) in [4.78, 5) is 8.57. The molecular weight excluding hydrogens is 228 g/mol. The van der Waals surface area contributed by atoms with E-state index in [1.54, 1.807) is 6.20 Å². The van der Waals surface area contributed by atoms with Gasteiger partial charge in [0.1, 0.15) is 5.69 Å². The Bertz CT molecular complexity index is 533. The largest absolute Gasteiger partial charge is 0.337 e. The maximum atomic E-state index is 6.15. The van der Waals surface area contributed by atoms with Gasteiger partial charge in [0, 0.05) is 6.20 Å². The molecule has 0 saturated heterocycles. The van der Waals surface area contributed by atoms with Crippen molar-refractivity contribution in [2.24, 2.45) is 5.73 Å². The highest BCUT2D eigenvalue weighted by Crippen LogP contribution is 2.23. The van der Waals surface area contributed by atoms with Crippen LogP contribution < -0.4 is 5.73 Å². The number of nitrogens with two attached hydrogens (primary N) is 1. The lowest BCUT2D eigenvalue weighted by Crippen LogP contribution is -2.33. The van der Waals surface area contributed by atoms with Crippen molar-refractivity contribution in [2.75, 3.05) is 0 Å². The van der Waals surface area contributed by atoms with Crippen molar-refractivity contribution >= 4 is 0 Å². The molecule has 0 aromatic carbocycles. The molecule has 0 radical (unpaired) electrons. The van der Waals surface area contributed by atoms with Crippen LogP contribution in [0, 0.1) is 6.92 Å². The third kappa shape index (κ3) is 2.56. The van der Waals surface area contributed by atoms with Gasteiger partial charge in [-0.15, -0.1) is 0 Å². The molecule has 0 aliphatic carbocycles. The number of rotatable bonds is 4. The smallest absolute Gasteiger partial charge is 0.246 e. The number of aromatic nitrogens is 3. The van der Waals surface area contributed by atoms with Crippen LogP contribution in [0.15, 0.2) is 22.9 Å². The Morgan fingerprint density at radius 1 is 1.44 bits per heavy atom. The molecule has 0 spiro atoms. The standard InChI is InChI=1S/C13H18N4O/c1-4-6-13(3,14)12-16-11(17-18-12)10-8-9(2)5-7-15-10/h5,7-8H,4,6,14H2,1-3H3. The van der Waals surface area contributed by atoms with Gasteiger partial charge in [0.05, 0.1) is 5.54 Å². The van der Waals surface area contributed by atoms with Crippen LogP contribution in [0.5, 0.6) is 0 Å². The number of aryl methyl sites for hydroxylation is 1. The van der Waals surface area contributed by atoms with Crippen LogP contribution in [0.3, 0.4) is 0 Å². The van der Waals surface area contributed by atoms with E-state index >= 15 is 0 Å². The van der Waals surface area contributed by atoms with Gasteiger partial charge < -0.3 is 10.3 Å². The minimum atomic E-state index is -0.580. The molecule has 1 unspecified atom stereocenters. The molecule has 5 nitrogen and oxygen atoms in total. The molecular formula is C13H18N4O. The summed E-state index contributed by atoms with van der Waals surface area (Å²) in [7, 11) is 0. The number of hydrogen-bond donors (Lipinski definition) is 1. The summed E-state index contributed by atoms with van der Waals surface area (Å²) in [6.45, 7) is 5.97. The van der Waals surface area contributed by atoms with Crippen molar-refractivity contribution in [1.82, 2.24) is 15.1 Å². The second kappa shape index (κ2) is 4.86. The van der Waals surface area contributed by atoms with Gasteiger partial charge in [-0.3, -0.25) is 4.98 Å². The van der Waals surface area contributed by atoms with Crippen LogP contribution in [-0.4, -0.2) is 15.1 Å². The quantitative estimate of drug-likeness (QED) is 0.896. The summed E-state index contributed by atoms with van der Waals surface area (Å²) in [5, 5.41) is 3.95. The summed E-state index contributed by atoms with van der Waals surface area (Å²) >= 11 is 0. The lowest BCUT2D eigenvalue weighted by Gasteiger charge is -2.18. The van der Waals surface area contributed by atoms with Crippen LogP contribution >= 0.6 is 0 Å². The average molecular weight is 246 g/mol. The Morgan fingerprint density at radius 2 is 2.22 bits per heavy atom. The Labute approximate surface area is 106 Å². The summed E-state index contributed by atoms with van der Waals surface area (Å²) in [6.07, 6.45) is 3.50. The molecule has 0 fully saturated rings. The van der Waals surface area contributed by atoms with E-state index in [4.69, 9.17) is 10.3 Å². The van der Waals surface area contributed by atoms with Crippen LogP contribution in [0.4, 0.5) is 0 Å². The van der Waals surface area contributed by atoms with Crippen LogP contribution in [0.2, 0.25) is 0 Å². The molecule has 96 valence electrons. The van der Waals surface area contributed by atoms with E-state index in [2.05, 4.69) is 22.0 Å². The van der Waals surface area contributed by atoms with Crippen molar-refractivity contribution in [2.45, 2.75) is 39.2 Å². The molecule has 2 N–H and O–H groups in total. The lowest BCUT2D eigenvalue weighted by atomic mass is 9.98. The van der Waals surface area contributed by atoms with Gasteiger partial charge in [-0.1, -0.05) is 18.5 Å². The second-order valence-electron chi connectivity index (χ2n) is 4.81. The van der Waals surface area contributed by atoms with E-state index in [-0.39, 0.29) is 0 Å². The van der Waals surface area contributed by atoms with E-state index in [0.29, 0.717) is 17.4 Å². The number of hydrogen-bond acceptors (Lipinski definition) is 5. The van der Waals surface area contributed by atoms with Crippen molar-refractivity contribution in [3.63, 3.8) is 0 Å². The predicted octanol–water partition coefficient (Wildman–Crippen LogP) is 2.41. The van der Waals surface area contributed by atoms with Crippen LogP contribution in [-0.2, 0) is 5.54 Å². The first-order valence-electron chi connectivity index (χ1n) is 6.09. The Hall–Kier alpha value is -1.75. The zero-order valence-electron chi connectivity index (χ0n) is 11.0. The van der Waals surface area contributed by atoms with E-state index in [0.717, 1.165) is 18.4 Å². The fraction of sp³-hybridized carbons (Fsp3) is 0.462. The van der Waals surface area contributed by atoms with Crippen molar-refractivity contribution in [3.8, 4) is 11.5 Å². The number of nitrogens with zero attached hydrogens (tertiary/aromatic N) is 3. The zero-order valence-corrected chi connectivity index (χ0v) is 11.0. The van der Waals surface area contributed by atoms with Gasteiger partial charge in [0.2, 0.25) is 11.7 Å². The molecule has 2 aromatic rings. The van der Waals surface area contributed by atoms with Crippen LogP contribution in [0.25, 0.3) is 11.5 Å². The van der Waals surface area contributed by atoms with Crippen LogP contribution in [0.1, 0.15) is 38.1 Å². The molecule has 0 aliphatic heterocycles. The zero-order chi connectivity index (χ0) is 13.2. The summed E-state index contributed by atoms with van der Waals surface area (Å²) < 4.78 is 5.25. The fourth-order valence-electron chi connectivity index (χ4n) is 1.84. The average Bonchev–Trinajstić information content (AvgIpc) is 2.78. The van der Waals surface area contributed by atoms with E-state index < -0.39 is 5.54 Å². The fourth-order valence-corrected chi connectivity index (χ4v) is 1.84. The lowest BCUT2D eigenvalue weighted by molar-refractivity contribution is 0.284. The van der Waals surface area contributed by atoms with Gasteiger partial charge in [-0.05, 0) is 38.0 Å². The third-order valence-electron chi connectivity index (χ3n) is 2.83. The van der Waals surface area contributed by atoms with Crippen molar-refractivity contribution in [3.05, 3.63) is 29.8 Å². The van der Waals surface area contributed by atoms with Gasteiger partial charge in [0.25, 0.3) is 0 Å². The highest BCUT2D eigenvalue weighted by molar-refractivity contribution is 5.49. The minimum absolute atomic E-state index is 0.461. The SMILES string of the molecule is CCCC(C)(N)c1nc(-c2cc(C)ccn2)no1. The highest BCUT2D eigenvalue weighted by atomic mass is 16.5. The maximum Gasteiger partial charge on any atom is 0.246 e. The monoisotopic (exact) mass is 246 g/mol. The molecule has 1 atom stereocenters. The van der Waals surface area contributed by atoms with E-state index in [9.17, 15) is 0 Å². The first kappa shape index (κ1) is 12.7. The molecule has 2 rings (SSSR count). The van der Waals surface area contributed by atoms with Gasteiger partial charge in [0.15, 0.2) is 0 Å². The first-order chi connectivity index (χ1) is 8.53. The van der Waals surface area contributed by atoms with Crippen molar-refractivity contribution < 1.29 is 4.52 Å². The van der Waals surface area contributed by atoms with E-state index in [1.165, 1.54) is 0 Å².